The highest BCUT2D eigenvalue weighted by Crippen LogP contribution is 2.30. The van der Waals surface area contributed by atoms with Crippen LogP contribution in [-0.2, 0) is 0 Å². The first-order chi connectivity index (χ1) is 9.47. The van der Waals surface area contributed by atoms with E-state index in [0.717, 1.165) is 0 Å². The van der Waals surface area contributed by atoms with Crippen LogP contribution < -0.4 is 10.5 Å². The van der Waals surface area contributed by atoms with E-state index in [2.05, 4.69) is 25.9 Å². The van der Waals surface area contributed by atoms with E-state index < -0.39 is 4.92 Å². The van der Waals surface area contributed by atoms with Gasteiger partial charge in [0.15, 0.2) is 5.16 Å². The van der Waals surface area contributed by atoms with Gasteiger partial charge in [-0.15, -0.1) is 0 Å². The molecule has 0 unspecified atom stereocenters. The molecule has 2 aromatic rings. The molecule has 9 heteroatoms. The molecule has 0 aliphatic rings. The van der Waals surface area contributed by atoms with Gasteiger partial charge in [-0.3, -0.25) is 10.1 Å². The van der Waals surface area contributed by atoms with Crippen LogP contribution in [0.15, 0.2) is 33.9 Å². The van der Waals surface area contributed by atoms with Crippen molar-refractivity contribution in [1.82, 2.24) is 9.97 Å². The average Bonchev–Trinajstić information content (AvgIpc) is 2.37. The maximum absolute atomic E-state index is 10.8. The molecule has 0 amide bonds. The van der Waals surface area contributed by atoms with Gasteiger partial charge in [0.25, 0.3) is 5.69 Å². The summed E-state index contributed by atoms with van der Waals surface area (Å²) in [6, 6.07) is 5.74. The van der Waals surface area contributed by atoms with Gasteiger partial charge < -0.3 is 10.5 Å². The summed E-state index contributed by atoms with van der Waals surface area (Å²) in [5.74, 6) is 0.786. The lowest BCUT2D eigenvalue weighted by Gasteiger charge is -2.07. The Morgan fingerprint density at radius 3 is 2.75 bits per heavy atom. The van der Waals surface area contributed by atoms with E-state index in [0.29, 0.717) is 9.63 Å². The van der Waals surface area contributed by atoms with Gasteiger partial charge >= 0.3 is 0 Å². The first-order valence-electron chi connectivity index (χ1n) is 5.29. The smallest absolute Gasteiger partial charge is 0.274 e. The molecular weight excluding hydrogens is 348 g/mol. The van der Waals surface area contributed by atoms with Crippen LogP contribution in [0.3, 0.4) is 0 Å². The highest BCUT2D eigenvalue weighted by Gasteiger charge is 2.11. The third kappa shape index (κ3) is 3.58. The molecule has 0 aliphatic heterocycles. The van der Waals surface area contributed by atoms with Crippen LogP contribution in [-0.4, -0.2) is 21.1 Å². The summed E-state index contributed by atoms with van der Waals surface area (Å²) >= 11 is 4.51. The molecular formula is C11H9BrN4O3S. The number of rotatable bonds is 4. The SMILES string of the molecule is CSc1nc(N)cc(Oc2cc(Br)cc([N+](=O)[O-])c2)n1. The second kappa shape index (κ2) is 6.06. The lowest BCUT2D eigenvalue weighted by atomic mass is 10.3. The molecule has 1 heterocycles. The van der Waals surface area contributed by atoms with Crippen LogP contribution in [0.2, 0.25) is 0 Å². The maximum atomic E-state index is 10.8. The van der Waals surface area contributed by atoms with Gasteiger partial charge in [0.1, 0.15) is 11.6 Å². The molecule has 7 nitrogen and oxygen atoms in total. The number of ether oxygens (including phenoxy) is 1. The number of halogens is 1. The number of nitro groups is 1. The van der Waals surface area contributed by atoms with Crippen LogP contribution in [0, 0.1) is 10.1 Å². The maximum Gasteiger partial charge on any atom is 0.274 e. The Hall–Kier alpha value is -1.87. The molecule has 0 bridgehead atoms. The van der Waals surface area contributed by atoms with E-state index in [1.165, 1.54) is 30.0 Å². The molecule has 104 valence electrons. The van der Waals surface area contributed by atoms with Gasteiger partial charge in [-0.25, -0.2) is 4.98 Å². The summed E-state index contributed by atoms with van der Waals surface area (Å²) in [6.45, 7) is 0. The lowest BCUT2D eigenvalue weighted by Crippen LogP contribution is -1.97. The van der Waals surface area contributed by atoms with Crippen molar-refractivity contribution in [3.63, 3.8) is 0 Å². The first-order valence-corrected chi connectivity index (χ1v) is 7.31. The van der Waals surface area contributed by atoms with E-state index in [4.69, 9.17) is 10.5 Å². The Morgan fingerprint density at radius 2 is 2.10 bits per heavy atom. The molecule has 2 rings (SSSR count). The molecule has 0 atom stereocenters. The van der Waals surface area contributed by atoms with Crippen molar-refractivity contribution in [2.45, 2.75) is 5.16 Å². The van der Waals surface area contributed by atoms with Crippen LogP contribution in [0.1, 0.15) is 0 Å². The summed E-state index contributed by atoms with van der Waals surface area (Å²) in [5.41, 5.74) is 5.55. The van der Waals surface area contributed by atoms with Crippen LogP contribution in [0.4, 0.5) is 11.5 Å². The van der Waals surface area contributed by atoms with Crippen molar-refractivity contribution < 1.29 is 9.66 Å². The number of nitro benzene ring substituents is 1. The zero-order valence-corrected chi connectivity index (χ0v) is 12.6. The zero-order chi connectivity index (χ0) is 14.7. The normalized spacial score (nSPS) is 10.3. The molecule has 0 spiro atoms. The average molecular weight is 357 g/mol. The minimum Gasteiger partial charge on any atom is -0.439 e. The molecule has 0 radical (unpaired) electrons. The summed E-state index contributed by atoms with van der Waals surface area (Å²) in [5, 5.41) is 11.3. The quantitative estimate of drug-likeness (QED) is 0.388. The Morgan fingerprint density at radius 1 is 1.35 bits per heavy atom. The highest BCUT2D eigenvalue weighted by atomic mass is 79.9. The summed E-state index contributed by atoms with van der Waals surface area (Å²) in [6.07, 6.45) is 1.81. The number of nitrogens with zero attached hydrogens (tertiary/aromatic N) is 3. The molecule has 1 aromatic heterocycles. The Balaban J connectivity index is 2.34. The predicted octanol–water partition coefficient (Wildman–Crippen LogP) is 3.24. The monoisotopic (exact) mass is 356 g/mol. The molecule has 0 aliphatic carbocycles. The van der Waals surface area contributed by atoms with E-state index >= 15 is 0 Å². The predicted molar refractivity (Wildman–Crippen MR) is 79.1 cm³/mol. The number of benzene rings is 1. The Bertz CT molecular complexity index is 668. The molecule has 0 saturated heterocycles. The zero-order valence-electron chi connectivity index (χ0n) is 10.2. The van der Waals surface area contributed by atoms with Crippen molar-refractivity contribution in [1.29, 1.82) is 0 Å². The van der Waals surface area contributed by atoms with Crippen molar-refractivity contribution in [3.05, 3.63) is 38.9 Å². The molecule has 2 N–H and O–H groups in total. The van der Waals surface area contributed by atoms with E-state index in [9.17, 15) is 10.1 Å². The number of aromatic nitrogens is 2. The second-order valence-corrected chi connectivity index (χ2v) is 5.31. The number of hydrogen-bond donors (Lipinski definition) is 1. The van der Waals surface area contributed by atoms with E-state index in [1.54, 1.807) is 6.07 Å². The van der Waals surface area contributed by atoms with Crippen LogP contribution >= 0.6 is 27.7 Å². The minimum absolute atomic E-state index is 0.0820. The van der Waals surface area contributed by atoms with Gasteiger partial charge in [0, 0.05) is 16.6 Å². The van der Waals surface area contributed by atoms with Crippen molar-refractivity contribution in [2.24, 2.45) is 0 Å². The number of nitrogens with two attached hydrogens (primary N) is 1. The van der Waals surface area contributed by atoms with Gasteiger partial charge in [0.2, 0.25) is 5.88 Å². The third-order valence-electron chi connectivity index (χ3n) is 2.17. The lowest BCUT2D eigenvalue weighted by molar-refractivity contribution is -0.385. The summed E-state index contributed by atoms with van der Waals surface area (Å²) in [4.78, 5) is 18.4. The fraction of sp³-hybridized carbons (Fsp3) is 0.0909. The van der Waals surface area contributed by atoms with Crippen molar-refractivity contribution in [3.8, 4) is 11.6 Å². The number of non-ortho nitro benzene ring substituents is 1. The largest absolute Gasteiger partial charge is 0.439 e. The fourth-order valence-electron chi connectivity index (χ4n) is 1.40. The van der Waals surface area contributed by atoms with Crippen LogP contribution in [0.5, 0.6) is 11.6 Å². The molecule has 20 heavy (non-hydrogen) atoms. The van der Waals surface area contributed by atoms with Crippen molar-refractivity contribution >= 4 is 39.2 Å². The third-order valence-corrected chi connectivity index (χ3v) is 3.18. The standard InChI is InChI=1S/C11H9BrN4O3S/c1-20-11-14-9(13)5-10(15-11)19-8-3-6(12)2-7(4-8)16(17)18/h2-5H,1H3,(H2,13,14,15). The van der Waals surface area contributed by atoms with E-state index in [1.807, 2.05) is 6.26 Å². The molecule has 0 fully saturated rings. The molecule has 0 saturated carbocycles. The van der Waals surface area contributed by atoms with Gasteiger partial charge in [-0.1, -0.05) is 27.7 Å². The topological polar surface area (TPSA) is 104 Å². The molecule has 1 aromatic carbocycles. The number of nitrogen functional groups attached to an aromatic ring is 1. The van der Waals surface area contributed by atoms with Crippen LogP contribution in [0.25, 0.3) is 0 Å². The Kier molecular flexibility index (Phi) is 4.40. The minimum atomic E-state index is -0.501. The highest BCUT2D eigenvalue weighted by molar-refractivity contribution is 9.10. The summed E-state index contributed by atoms with van der Waals surface area (Å²) in [7, 11) is 0. The summed E-state index contributed by atoms with van der Waals surface area (Å²) < 4.78 is 6.03. The van der Waals surface area contributed by atoms with E-state index in [-0.39, 0.29) is 23.1 Å². The number of anilines is 1. The number of hydrogen-bond acceptors (Lipinski definition) is 7. The van der Waals surface area contributed by atoms with Gasteiger partial charge in [0.05, 0.1) is 11.0 Å². The second-order valence-electron chi connectivity index (χ2n) is 3.62. The van der Waals surface area contributed by atoms with Crippen molar-refractivity contribution in [2.75, 3.05) is 12.0 Å². The fourth-order valence-corrected chi connectivity index (χ4v) is 2.24. The first kappa shape index (κ1) is 14.5. The number of thioether (sulfide) groups is 1. The van der Waals surface area contributed by atoms with Gasteiger partial charge in [-0.2, -0.15) is 4.98 Å². The van der Waals surface area contributed by atoms with Gasteiger partial charge in [-0.05, 0) is 12.3 Å². The Labute approximate surface area is 126 Å².